The van der Waals surface area contributed by atoms with Crippen molar-refractivity contribution in [3.63, 3.8) is 0 Å². The molecule has 0 aromatic heterocycles. The second kappa shape index (κ2) is 13.2. The van der Waals surface area contributed by atoms with E-state index >= 15 is 0 Å². The highest BCUT2D eigenvalue weighted by Crippen LogP contribution is 2.23. The quantitative estimate of drug-likeness (QED) is 0.317. The summed E-state index contributed by atoms with van der Waals surface area (Å²) in [4.78, 5) is 13.0. The molecular weight excluding hydrogens is 492 g/mol. The lowest BCUT2D eigenvalue weighted by atomic mass is 9.93. The number of unbranched alkanes of at least 4 members (excludes halogenated alkanes) is 2. The first-order valence-corrected chi connectivity index (χ1v) is 14.5. The van der Waals surface area contributed by atoms with E-state index in [4.69, 9.17) is 4.74 Å². The van der Waals surface area contributed by atoms with Crippen LogP contribution in [0.2, 0.25) is 0 Å². The smallest absolute Gasteiger partial charge is 0.226 e. The van der Waals surface area contributed by atoms with Gasteiger partial charge >= 0.3 is 0 Å². The molecule has 0 aliphatic carbocycles. The molecule has 1 aromatic rings. The fourth-order valence-electron chi connectivity index (χ4n) is 4.62. The molecule has 0 radical (unpaired) electrons. The molecule has 2 saturated heterocycles. The molecule has 0 bridgehead atoms. The van der Waals surface area contributed by atoms with E-state index < -0.39 is 39.7 Å². The van der Waals surface area contributed by atoms with Gasteiger partial charge in [0.05, 0.1) is 29.9 Å². The zero-order chi connectivity index (χ0) is 26.3. The Morgan fingerprint density at radius 1 is 1.19 bits per heavy atom. The van der Waals surface area contributed by atoms with Crippen molar-refractivity contribution in [2.24, 2.45) is 5.92 Å². The molecule has 1 aromatic carbocycles. The average Bonchev–Trinajstić information content (AvgIpc) is 3.24. The summed E-state index contributed by atoms with van der Waals surface area (Å²) in [7, 11) is -3.39. The molecular formula is C25H39F2N3O5S. The van der Waals surface area contributed by atoms with Crippen LogP contribution in [0.25, 0.3) is 0 Å². The number of hydrogen-bond donors (Lipinski definition) is 3. The van der Waals surface area contributed by atoms with Gasteiger partial charge in [-0.05, 0) is 43.4 Å². The molecule has 2 aliphatic heterocycles. The Hall–Kier alpha value is -1.66. The maximum Gasteiger partial charge on any atom is 0.226 e. The highest BCUT2D eigenvalue weighted by molar-refractivity contribution is 7.89. The summed E-state index contributed by atoms with van der Waals surface area (Å²) in [6.07, 6.45) is 2.75. The number of rotatable bonds is 14. The Labute approximate surface area is 212 Å². The second-order valence-electron chi connectivity index (χ2n) is 9.87. The van der Waals surface area contributed by atoms with Crippen molar-refractivity contribution in [2.45, 2.75) is 76.7 Å². The van der Waals surface area contributed by atoms with Gasteiger partial charge in [0.25, 0.3) is 0 Å². The summed E-state index contributed by atoms with van der Waals surface area (Å²) in [5.74, 6) is -2.34. The molecule has 0 unspecified atom stereocenters. The van der Waals surface area contributed by atoms with E-state index in [9.17, 15) is 27.1 Å². The van der Waals surface area contributed by atoms with Gasteiger partial charge in [-0.3, -0.25) is 4.79 Å². The van der Waals surface area contributed by atoms with Gasteiger partial charge < -0.3 is 20.5 Å². The molecule has 3 N–H and O–H groups in total. The van der Waals surface area contributed by atoms with Crippen LogP contribution in [0.4, 0.5) is 8.78 Å². The maximum atomic E-state index is 13.8. The molecule has 36 heavy (non-hydrogen) atoms. The van der Waals surface area contributed by atoms with E-state index in [1.165, 1.54) is 16.4 Å². The van der Waals surface area contributed by atoms with Gasteiger partial charge in [0.15, 0.2) is 0 Å². The molecule has 11 heteroatoms. The number of halogens is 2. The van der Waals surface area contributed by atoms with E-state index in [1.54, 1.807) is 0 Å². The number of hydrogen-bond acceptors (Lipinski definition) is 6. The molecule has 2 heterocycles. The van der Waals surface area contributed by atoms with E-state index in [0.717, 1.165) is 25.3 Å². The number of benzene rings is 1. The van der Waals surface area contributed by atoms with Crippen molar-refractivity contribution in [3.8, 4) is 0 Å². The van der Waals surface area contributed by atoms with Crippen LogP contribution in [-0.2, 0) is 26.0 Å². The highest BCUT2D eigenvalue weighted by Gasteiger charge is 2.41. The van der Waals surface area contributed by atoms with Gasteiger partial charge in [-0.15, -0.1) is 0 Å². The Morgan fingerprint density at radius 2 is 1.86 bits per heavy atom. The largest absolute Gasteiger partial charge is 0.389 e. The molecule has 3 rings (SSSR count). The number of carbonyl (C=O) groups is 1. The van der Waals surface area contributed by atoms with Crippen LogP contribution in [-0.4, -0.2) is 80.0 Å². The van der Waals surface area contributed by atoms with Crippen molar-refractivity contribution in [1.82, 2.24) is 14.9 Å². The number of nitrogens with zero attached hydrogens (tertiary/aromatic N) is 1. The number of ether oxygens (including phenoxy) is 1. The van der Waals surface area contributed by atoms with Gasteiger partial charge in [-0.2, -0.15) is 0 Å². The Morgan fingerprint density at radius 3 is 2.50 bits per heavy atom. The second-order valence-corrected chi connectivity index (χ2v) is 12.0. The normalized spacial score (nSPS) is 22.8. The standard InChI is InChI=1S/C25H39F2N3O5S/c1-3-5-7-35-21-13-22(28-14-21)24(31)23(11-17-9-19(26)12-20(27)10-17)29-25(32)18-15-30(16-18)36(33,34)8-6-4-2/h9-10,12,18,21-24,28,31H,3-8,11,13-16H2,1-2H3,(H,29,32)/t21-,22-,23+,24-/m1/s1. The van der Waals surface area contributed by atoms with E-state index in [0.29, 0.717) is 31.6 Å². The topological polar surface area (TPSA) is 108 Å². The summed E-state index contributed by atoms with van der Waals surface area (Å²) in [5, 5.41) is 17.2. The molecule has 1 amide bonds. The lowest BCUT2D eigenvalue weighted by Crippen LogP contribution is -2.60. The van der Waals surface area contributed by atoms with Crippen molar-refractivity contribution in [3.05, 3.63) is 35.4 Å². The number of carbonyl (C=O) groups excluding carboxylic acids is 1. The van der Waals surface area contributed by atoms with Gasteiger partial charge in [-0.1, -0.05) is 26.7 Å². The first-order chi connectivity index (χ1) is 17.1. The van der Waals surface area contributed by atoms with Crippen LogP contribution < -0.4 is 10.6 Å². The Kier molecular flexibility index (Phi) is 10.6. The Balaban J connectivity index is 1.64. The van der Waals surface area contributed by atoms with Gasteiger partial charge in [0.1, 0.15) is 11.6 Å². The van der Waals surface area contributed by atoms with Crippen LogP contribution in [0.1, 0.15) is 51.5 Å². The van der Waals surface area contributed by atoms with Crippen LogP contribution in [0.3, 0.4) is 0 Å². The van der Waals surface area contributed by atoms with Crippen LogP contribution in [0.15, 0.2) is 18.2 Å². The number of amides is 1. The van der Waals surface area contributed by atoms with E-state index in [1.807, 2.05) is 6.92 Å². The third kappa shape index (κ3) is 7.92. The molecule has 2 fully saturated rings. The minimum Gasteiger partial charge on any atom is -0.389 e. The summed E-state index contributed by atoms with van der Waals surface area (Å²) in [5.41, 5.74) is 0.308. The average molecular weight is 532 g/mol. The SMILES string of the molecule is CCCCO[C@H]1CN[C@@H]([C@@H](O)[C@H](Cc2cc(F)cc(F)c2)NC(=O)C2CN(S(=O)(=O)CCCC)C2)C1. The van der Waals surface area contributed by atoms with Gasteiger partial charge in [0.2, 0.25) is 15.9 Å². The third-order valence-corrected chi connectivity index (χ3v) is 8.76. The fraction of sp³-hybridized carbons (Fsp3) is 0.720. The predicted molar refractivity (Wildman–Crippen MR) is 133 cm³/mol. The molecule has 4 atom stereocenters. The zero-order valence-corrected chi connectivity index (χ0v) is 21.9. The van der Waals surface area contributed by atoms with Crippen molar-refractivity contribution in [1.29, 1.82) is 0 Å². The maximum absolute atomic E-state index is 13.8. The number of sulfonamides is 1. The number of aliphatic hydroxyl groups is 1. The van der Waals surface area contributed by atoms with Gasteiger partial charge in [0, 0.05) is 38.3 Å². The molecule has 8 nitrogen and oxygen atoms in total. The van der Waals surface area contributed by atoms with Crippen LogP contribution in [0.5, 0.6) is 0 Å². The van der Waals surface area contributed by atoms with Crippen molar-refractivity contribution in [2.75, 3.05) is 32.0 Å². The minimum atomic E-state index is -3.39. The summed E-state index contributed by atoms with van der Waals surface area (Å²) >= 11 is 0. The van der Waals surface area contributed by atoms with E-state index in [-0.39, 0.29) is 43.3 Å². The van der Waals surface area contributed by atoms with Crippen LogP contribution in [0, 0.1) is 17.6 Å². The monoisotopic (exact) mass is 531 g/mol. The number of nitrogens with one attached hydrogen (secondary N) is 2. The van der Waals surface area contributed by atoms with Crippen LogP contribution >= 0.6 is 0 Å². The molecule has 204 valence electrons. The predicted octanol–water partition coefficient (Wildman–Crippen LogP) is 1.96. The zero-order valence-electron chi connectivity index (χ0n) is 21.1. The lowest BCUT2D eigenvalue weighted by Gasteiger charge is -2.38. The first-order valence-electron chi connectivity index (χ1n) is 12.9. The fourth-order valence-corrected chi connectivity index (χ4v) is 6.35. The third-order valence-electron chi connectivity index (χ3n) is 6.87. The lowest BCUT2D eigenvalue weighted by molar-refractivity contribution is -0.130. The van der Waals surface area contributed by atoms with Gasteiger partial charge in [-0.25, -0.2) is 21.5 Å². The summed E-state index contributed by atoms with van der Waals surface area (Å²) in [6, 6.07) is 1.94. The molecule has 2 aliphatic rings. The minimum absolute atomic E-state index is 0.0202. The summed E-state index contributed by atoms with van der Waals surface area (Å²) in [6.45, 7) is 5.36. The molecule has 0 saturated carbocycles. The molecule has 0 spiro atoms. The van der Waals surface area contributed by atoms with E-state index in [2.05, 4.69) is 17.6 Å². The van der Waals surface area contributed by atoms with Crippen molar-refractivity contribution >= 4 is 15.9 Å². The number of aliphatic hydroxyl groups excluding tert-OH is 1. The Bertz CT molecular complexity index is 954. The highest BCUT2D eigenvalue weighted by atomic mass is 32.2. The van der Waals surface area contributed by atoms with Crippen molar-refractivity contribution < 1.29 is 31.8 Å². The first kappa shape index (κ1) is 28.9. The summed E-state index contributed by atoms with van der Waals surface area (Å²) < 4.78 is 59.4.